The van der Waals surface area contributed by atoms with Gasteiger partial charge >= 0.3 is 0 Å². The van der Waals surface area contributed by atoms with Gasteiger partial charge < -0.3 is 10.2 Å². The van der Waals surface area contributed by atoms with Crippen LogP contribution in [-0.4, -0.2) is 10.2 Å². The molecule has 0 saturated heterocycles. The van der Waals surface area contributed by atoms with Crippen molar-refractivity contribution in [2.24, 2.45) is 5.92 Å². The number of halogens is 1. The van der Waals surface area contributed by atoms with E-state index < -0.39 is 6.10 Å². The molecule has 0 bridgehead atoms. The zero-order valence-electron chi connectivity index (χ0n) is 9.19. The average molecular weight is 285 g/mol. The first-order valence-electron chi connectivity index (χ1n) is 5.85. The van der Waals surface area contributed by atoms with Gasteiger partial charge in [0, 0.05) is 10.0 Å². The van der Waals surface area contributed by atoms with Crippen LogP contribution in [0, 0.1) is 5.92 Å². The van der Waals surface area contributed by atoms with Crippen molar-refractivity contribution in [3.63, 3.8) is 0 Å². The van der Waals surface area contributed by atoms with E-state index in [1.165, 1.54) is 19.3 Å². The lowest BCUT2D eigenvalue weighted by molar-refractivity contribution is 0.0825. The van der Waals surface area contributed by atoms with E-state index >= 15 is 0 Å². The Morgan fingerprint density at radius 2 is 1.88 bits per heavy atom. The fourth-order valence-corrected chi connectivity index (χ4v) is 2.84. The summed E-state index contributed by atoms with van der Waals surface area (Å²) in [6.45, 7) is 0. The van der Waals surface area contributed by atoms with Crippen molar-refractivity contribution in [1.29, 1.82) is 0 Å². The highest BCUT2D eigenvalue weighted by Crippen LogP contribution is 2.38. The Labute approximate surface area is 104 Å². The van der Waals surface area contributed by atoms with Gasteiger partial charge in [-0.05, 0) is 37.0 Å². The molecule has 16 heavy (non-hydrogen) atoms. The Morgan fingerprint density at radius 1 is 1.19 bits per heavy atom. The second-order valence-corrected chi connectivity index (χ2v) is 5.46. The molecule has 1 aliphatic carbocycles. The van der Waals surface area contributed by atoms with Crippen LogP contribution in [0.1, 0.15) is 43.8 Å². The van der Waals surface area contributed by atoms with Gasteiger partial charge in [0.1, 0.15) is 5.75 Å². The van der Waals surface area contributed by atoms with Gasteiger partial charge in [0.25, 0.3) is 0 Å². The Kier molecular flexibility index (Phi) is 3.87. The lowest BCUT2D eigenvalue weighted by atomic mass is 9.82. The summed E-state index contributed by atoms with van der Waals surface area (Å²) in [4.78, 5) is 0. The number of aliphatic hydroxyl groups is 1. The second kappa shape index (κ2) is 5.19. The summed E-state index contributed by atoms with van der Waals surface area (Å²) < 4.78 is 0.898. The van der Waals surface area contributed by atoms with Gasteiger partial charge in [-0.15, -0.1) is 0 Å². The van der Waals surface area contributed by atoms with E-state index in [1.54, 1.807) is 12.1 Å². The number of phenolic OH excluding ortho intramolecular Hbond substituents is 1. The molecule has 1 fully saturated rings. The summed E-state index contributed by atoms with van der Waals surface area (Å²) in [5.41, 5.74) is 0.654. The summed E-state index contributed by atoms with van der Waals surface area (Å²) in [6, 6.07) is 5.23. The van der Waals surface area contributed by atoms with Gasteiger partial charge in [0.05, 0.1) is 6.10 Å². The topological polar surface area (TPSA) is 40.5 Å². The third-order valence-corrected chi connectivity index (χ3v) is 3.90. The van der Waals surface area contributed by atoms with Crippen LogP contribution >= 0.6 is 15.9 Å². The number of hydrogen-bond acceptors (Lipinski definition) is 2. The van der Waals surface area contributed by atoms with Crippen LogP contribution < -0.4 is 0 Å². The molecule has 2 rings (SSSR count). The molecule has 1 atom stereocenters. The maximum Gasteiger partial charge on any atom is 0.121 e. The number of benzene rings is 1. The summed E-state index contributed by atoms with van der Waals surface area (Å²) in [5, 5.41) is 20.0. The summed E-state index contributed by atoms with van der Waals surface area (Å²) in [5.74, 6) is 0.496. The summed E-state index contributed by atoms with van der Waals surface area (Å²) in [7, 11) is 0. The number of aliphatic hydroxyl groups excluding tert-OH is 1. The van der Waals surface area contributed by atoms with Crippen LogP contribution in [-0.2, 0) is 0 Å². The van der Waals surface area contributed by atoms with E-state index in [0.29, 0.717) is 11.5 Å². The predicted molar refractivity (Wildman–Crippen MR) is 67.3 cm³/mol. The van der Waals surface area contributed by atoms with Gasteiger partial charge in [0.15, 0.2) is 0 Å². The normalized spacial score (nSPS) is 19.6. The van der Waals surface area contributed by atoms with Crippen molar-refractivity contribution in [2.45, 2.75) is 38.2 Å². The van der Waals surface area contributed by atoms with Crippen LogP contribution in [0.5, 0.6) is 5.75 Å². The first kappa shape index (κ1) is 11.9. The molecule has 1 aromatic rings. The van der Waals surface area contributed by atoms with Crippen molar-refractivity contribution in [3.05, 3.63) is 28.2 Å². The van der Waals surface area contributed by atoms with E-state index in [0.717, 1.165) is 17.3 Å². The highest BCUT2D eigenvalue weighted by Gasteiger charge is 2.25. The third kappa shape index (κ3) is 2.58. The standard InChI is InChI=1S/C13H17BrO2/c14-10-6-7-12(15)11(8-10)13(16)9-4-2-1-3-5-9/h6-9,13,15-16H,1-5H2. The molecule has 88 valence electrons. The first-order valence-corrected chi connectivity index (χ1v) is 6.64. The molecule has 1 unspecified atom stereocenters. The van der Waals surface area contributed by atoms with Gasteiger partial charge in [-0.3, -0.25) is 0 Å². The van der Waals surface area contributed by atoms with Crippen molar-refractivity contribution in [3.8, 4) is 5.75 Å². The molecule has 0 aliphatic heterocycles. The zero-order chi connectivity index (χ0) is 11.5. The predicted octanol–water partition coefficient (Wildman–Crippen LogP) is 3.77. The van der Waals surface area contributed by atoms with E-state index in [2.05, 4.69) is 15.9 Å². The highest BCUT2D eigenvalue weighted by molar-refractivity contribution is 9.10. The molecule has 0 amide bonds. The lowest BCUT2D eigenvalue weighted by Crippen LogP contribution is -2.16. The van der Waals surface area contributed by atoms with E-state index in [4.69, 9.17) is 0 Å². The molecule has 2 nitrogen and oxygen atoms in total. The van der Waals surface area contributed by atoms with E-state index in [-0.39, 0.29) is 5.75 Å². The molecule has 2 N–H and O–H groups in total. The maximum absolute atomic E-state index is 10.3. The van der Waals surface area contributed by atoms with Crippen molar-refractivity contribution in [2.75, 3.05) is 0 Å². The number of aromatic hydroxyl groups is 1. The lowest BCUT2D eigenvalue weighted by Gasteiger charge is -2.27. The monoisotopic (exact) mass is 284 g/mol. The molecule has 1 aromatic carbocycles. The summed E-state index contributed by atoms with van der Waals surface area (Å²) in [6.07, 6.45) is 5.25. The second-order valence-electron chi connectivity index (χ2n) is 4.55. The molecular formula is C13H17BrO2. The van der Waals surface area contributed by atoms with Gasteiger partial charge in [-0.1, -0.05) is 35.2 Å². The quantitative estimate of drug-likeness (QED) is 0.868. The minimum atomic E-state index is -0.530. The number of hydrogen-bond donors (Lipinski definition) is 2. The Balaban J connectivity index is 2.18. The van der Waals surface area contributed by atoms with Crippen molar-refractivity contribution < 1.29 is 10.2 Å². The summed E-state index contributed by atoms with van der Waals surface area (Å²) >= 11 is 3.37. The van der Waals surface area contributed by atoms with Crippen LogP contribution in [0.3, 0.4) is 0 Å². The molecule has 0 spiro atoms. The SMILES string of the molecule is Oc1ccc(Br)cc1C(O)C1CCCCC1. The van der Waals surface area contributed by atoms with Crippen molar-refractivity contribution in [1.82, 2.24) is 0 Å². The van der Waals surface area contributed by atoms with Gasteiger partial charge in [0.2, 0.25) is 0 Å². The van der Waals surface area contributed by atoms with Gasteiger partial charge in [-0.2, -0.15) is 0 Å². The molecule has 3 heteroatoms. The largest absolute Gasteiger partial charge is 0.508 e. The van der Waals surface area contributed by atoms with Gasteiger partial charge in [-0.25, -0.2) is 0 Å². The van der Waals surface area contributed by atoms with E-state index in [1.807, 2.05) is 6.07 Å². The van der Waals surface area contributed by atoms with Crippen LogP contribution in [0.25, 0.3) is 0 Å². The van der Waals surface area contributed by atoms with Crippen molar-refractivity contribution >= 4 is 15.9 Å². The van der Waals surface area contributed by atoms with E-state index in [9.17, 15) is 10.2 Å². The first-order chi connectivity index (χ1) is 7.68. The average Bonchev–Trinajstić information content (AvgIpc) is 2.32. The Bertz CT molecular complexity index is 359. The third-order valence-electron chi connectivity index (χ3n) is 3.40. The molecular weight excluding hydrogens is 268 g/mol. The zero-order valence-corrected chi connectivity index (χ0v) is 10.8. The molecule has 0 aromatic heterocycles. The molecule has 0 heterocycles. The fraction of sp³-hybridized carbons (Fsp3) is 0.538. The smallest absolute Gasteiger partial charge is 0.121 e. The fourth-order valence-electron chi connectivity index (χ4n) is 2.47. The highest BCUT2D eigenvalue weighted by atomic mass is 79.9. The molecule has 1 saturated carbocycles. The minimum Gasteiger partial charge on any atom is -0.508 e. The van der Waals surface area contributed by atoms with Crippen LogP contribution in [0.4, 0.5) is 0 Å². The Hall–Kier alpha value is -0.540. The number of rotatable bonds is 2. The van der Waals surface area contributed by atoms with Crippen LogP contribution in [0.2, 0.25) is 0 Å². The van der Waals surface area contributed by atoms with Crippen LogP contribution in [0.15, 0.2) is 22.7 Å². The molecule has 0 radical (unpaired) electrons. The number of phenols is 1. The maximum atomic E-state index is 10.3. The Morgan fingerprint density at radius 3 is 2.56 bits per heavy atom. The minimum absolute atomic E-state index is 0.196. The molecule has 1 aliphatic rings.